The van der Waals surface area contributed by atoms with Gasteiger partial charge in [-0.1, -0.05) is 24.3 Å². The Morgan fingerprint density at radius 3 is 2.70 bits per heavy atom. The van der Waals surface area contributed by atoms with E-state index in [1.54, 1.807) is 12.1 Å². The van der Waals surface area contributed by atoms with Gasteiger partial charge in [-0.15, -0.1) is 0 Å². The second kappa shape index (κ2) is 7.50. The monoisotopic (exact) mass is 366 g/mol. The maximum absolute atomic E-state index is 13.1. The molecule has 4 rings (SSSR count). The number of fused-ring (bicyclic) bond motifs is 1. The van der Waals surface area contributed by atoms with Crippen LogP contribution in [-0.4, -0.2) is 36.1 Å². The Bertz CT molecular complexity index is 950. The summed E-state index contributed by atoms with van der Waals surface area (Å²) in [5.41, 5.74) is 9.29. The van der Waals surface area contributed by atoms with Crippen LogP contribution in [0.3, 0.4) is 0 Å². The van der Waals surface area contributed by atoms with E-state index >= 15 is 0 Å². The van der Waals surface area contributed by atoms with Crippen LogP contribution < -0.4 is 16.4 Å². The predicted octanol–water partition coefficient (Wildman–Crippen LogP) is 2.78. The summed E-state index contributed by atoms with van der Waals surface area (Å²) < 4.78 is 13.1. The number of aromatic nitrogens is 1. The molecule has 0 saturated carbocycles. The van der Waals surface area contributed by atoms with Gasteiger partial charge in [-0.2, -0.15) is 0 Å². The molecule has 1 aliphatic rings. The number of nitrogens with two attached hydrogens (primary N) is 1. The van der Waals surface area contributed by atoms with Crippen molar-refractivity contribution in [3.8, 4) is 11.1 Å². The molecule has 0 radical (unpaired) electrons. The molecule has 2 heterocycles. The number of H-pyrrole nitrogens is 1. The molecule has 27 heavy (non-hydrogen) atoms. The second-order valence-electron chi connectivity index (χ2n) is 7.14. The molecular formula is C21H23FN4O. The number of halogens is 1. The number of amides is 1. The number of carbonyl (C=O) groups excluding carboxylic acids is 1. The predicted molar refractivity (Wildman–Crippen MR) is 105 cm³/mol. The van der Waals surface area contributed by atoms with Crippen LogP contribution in [-0.2, 0) is 0 Å². The van der Waals surface area contributed by atoms with E-state index in [0.717, 1.165) is 41.4 Å². The molecule has 1 aliphatic heterocycles. The van der Waals surface area contributed by atoms with Crippen LogP contribution in [0, 0.1) is 5.82 Å². The van der Waals surface area contributed by atoms with Gasteiger partial charge in [-0.3, -0.25) is 4.79 Å². The quantitative estimate of drug-likeness (QED) is 0.573. The number of hydrogen-bond donors (Lipinski definition) is 4. The third kappa shape index (κ3) is 4.02. The molecule has 5 N–H and O–H groups in total. The fourth-order valence-electron chi connectivity index (χ4n) is 3.58. The second-order valence-corrected chi connectivity index (χ2v) is 7.14. The summed E-state index contributed by atoms with van der Waals surface area (Å²) in [4.78, 5) is 15.7. The highest BCUT2D eigenvalue weighted by atomic mass is 19.1. The number of piperidine rings is 1. The molecule has 2 unspecified atom stereocenters. The highest BCUT2D eigenvalue weighted by Gasteiger charge is 2.19. The van der Waals surface area contributed by atoms with Crippen molar-refractivity contribution in [1.29, 1.82) is 0 Å². The molecule has 1 aromatic heterocycles. The molecule has 2 atom stereocenters. The first kappa shape index (κ1) is 17.7. The van der Waals surface area contributed by atoms with E-state index in [1.165, 1.54) is 12.1 Å². The highest BCUT2D eigenvalue weighted by molar-refractivity contribution is 5.98. The summed E-state index contributed by atoms with van der Waals surface area (Å²) in [5.74, 6) is -0.387. The number of rotatable bonds is 4. The van der Waals surface area contributed by atoms with E-state index in [4.69, 9.17) is 5.73 Å². The number of carbonyl (C=O) groups is 1. The van der Waals surface area contributed by atoms with Crippen LogP contribution in [0.5, 0.6) is 0 Å². The number of aromatic amines is 1. The van der Waals surface area contributed by atoms with E-state index in [9.17, 15) is 9.18 Å². The lowest BCUT2D eigenvalue weighted by atomic mass is 10.0. The van der Waals surface area contributed by atoms with Gasteiger partial charge in [0, 0.05) is 29.5 Å². The van der Waals surface area contributed by atoms with Gasteiger partial charge in [0.2, 0.25) is 0 Å². The van der Waals surface area contributed by atoms with Gasteiger partial charge < -0.3 is 21.4 Å². The summed E-state index contributed by atoms with van der Waals surface area (Å²) in [6, 6.07) is 14.5. The molecular weight excluding hydrogens is 343 g/mol. The SMILES string of the molecule is NC1CCNC(CNC(=O)c2cc3ccc(-c4ccc(F)cc4)cc3[nH]2)C1. The van der Waals surface area contributed by atoms with Crippen molar-refractivity contribution in [2.75, 3.05) is 13.1 Å². The van der Waals surface area contributed by atoms with Crippen molar-refractivity contribution in [1.82, 2.24) is 15.6 Å². The fraction of sp³-hybridized carbons (Fsp3) is 0.286. The Morgan fingerprint density at radius 2 is 1.93 bits per heavy atom. The average Bonchev–Trinajstić information content (AvgIpc) is 3.10. The van der Waals surface area contributed by atoms with E-state index in [0.29, 0.717) is 12.2 Å². The lowest BCUT2D eigenvalue weighted by Gasteiger charge is -2.28. The molecule has 1 amide bonds. The zero-order chi connectivity index (χ0) is 18.8. The third-order valence-electron chi connectivity index (χ3n) is 5.09. The molecule has 6 heteroatoms. The number of hydrogen-bond acceptors (Lipinski definition) is 3. The van der Waals surface area contributed by atoms with Crippen molar-refractivity contribution in [2.45, 2.75) is 24.9 Å². The molecule has 2 aromatic carbocycles. The topological polar surface area (TPSA) is 82.9 Å². The molecule has 3 aromatic rings. The Balaban J connectivity index is 1.47. The van der Waals surface area contributed by atoms with Gasteiger partial charge in [-0.25, -0.2) is 4.39 Å². The minimum Gasteiger partial charge on any atom is -0.351 e. The van der Waals surface area contributed by atoms with Crippen LogP contribution >= 0.6 is 0 Å². The summed E-state index contributed by atoms with van der Waals surface area (Å²) in [5, 5.41) is 7.32. The average molecular weight is 366 g/mol. The van der Waals surface area contributed by atoms with Crippen LogP contribution in [0.1, 0.15) is 23.3 Å². The molecule has 0 aliphatic carbocycles. The molecule has 1 saturated heterocycles. The Morgan fingerprint density at radius 1 is 1.15 bits per heavy atom. The zero-order valence-electron chi connectivity index (χ0n) is 15.0. The first-order valence-corrected chi connectivity index (χ1v) is 9.24. The van der Waals surface area contributed by atoms with E-state index in [1.807, 2.05) is 24.3 Å². The maximum atomic E-state index is 13.1. The number of nitrogens with one attached hydrogen (secondary N) is 3. The van der Waals surface area contributed by atoms with Crippen molar-refractivity contribution < 1.29 is 9.18 Å². The smallest absolute Gasteiger partial charge is 0.267 e. The van der Waals surface area contributed by atoms with Gasteiger partial charge in [-0.05, 0) is 54.8 Å². The lowest BCUT2D eigenvalue weighted by Crippen LogP contribution is -2.49. The first-order valence-electron chi connectivity index (χ1n) is 9.24. The largest absolute Gasteiger partial charge is 0.351 e. The van der Waals surface area contributed by atoms with Crippen LogP contribution in [0.15, 0.2) is 48.5 Å². The van der Waals surface area contributed by atoms with Crippen LogP contribution in [0.4, 0.5) is 4.39 Å². The van der Waals surface area contributed by atoms with Gasteiger partial charge in [0.15, 0.2) is 0 Å². The molecule has 1 fully saturated rings. The Labute approximate surface area is 157 Å². The van der Waals surface area contributed by atoms with E-state index in [2.05, 4.69) is 15.6 Å². The molecule has 0 spiro atoms. The van der Waals surface area contributed by atoms with Crippen molar-refractivity contribution in [3.05, 3.63) is 60.0 Å². The normalized spacial score (nSPS) is 19.9. The number of benzene rings is 2. The Hall–Kier alpha value is -2.70. The van der Waals surface area contributed by atoms with Crippen molar-refractivity contribution in [2.24, 2.45) is 5.73 Å². The highest BCUT2D eigenvalue weighted by Crippen LogP contribution is 2.25. The molecule has 5 nitrogen and oxygen atoms in total. The summed E-state index contributed by atoms with van der Waals surface area (Å²) in [6.07, 6.45) is 1.84. The third-order valence-corrected chi connectivity index (χ3v) is 5.09. The van der Waals surface area contributed by atoms with Crippen molar-refractivity contribution in [3.63, 3.8) is 0 Å². The van der Waals surface area contributed by atoms with Crippen LogP contribution in [0.2, 0.25) is 0 Å². The summed E-state index contributed by atoms with van der Waals surface area (Å²) in [7, 11) is 0. The van der Waals surface area contributed by atoms with E-state index < -0.39 is 0 Å². The minimum atomic E-state index is -0.257. The van der Waals surface area contributed by atoms with Crippen LogP contribution in [0.25, 0.3) is 22.0 Å². The Kier molecular flexibility index (Phi) is 4.92. The van der Waals surface area contributed by atoms with E-state index in [-0.39, 0.29) is 23.8 Å². The van der Waals surface area contributed by atoms with Crippen molar-refractivity contribution >= 4 is 16.8 Å². The van der Waals surface area contributed by atoms with Gasteiger partial charge >= 0.3 is 0 Å². The minimum absolute atomic E-state index is 0.129. The standard InChI is InChI=1S/C21H23FN4O/c22-16-5-3-13(4-6-16)14-1-2-15-10-20(26-19(15)9-14)21(27)25-12-18-11-17(23)7-8-24-18/h1-6,9-10,17-18,24,26H,7-8,11-12,23H2,(H,25,27). The van der Waals surface area contributed by atoms with Gasteiger partial charge in [0.05, 0.1) is 0 Å². The van der Waals surface area contributed by atoms with Gasteiger partial charge in [0.25, 0.3) is 5.91 Å². The lowest BCUT2D eigenvalue weighted by molar-refractivity contribution is 0.0943. The maximum Gasteiger partial charge on any atom is 0.267 e. The summed E-state index contributed by atoms with van der Waals surface area (Å²) in [6.45, 7) is 1.45. The fourth-order valence-corrected chi connectivity index (χ4v) is 3.58. The zero-order valence-corrected chi connectivity index (χ0v) is 15.0. The molecule has 140 valence electrons. The summed E-state index contributed by atoms with van der Waals surface area (Å²) >= 11 is 0. The first-order chi connectivity index (χ1) is 13.1. The van der Waals surface area contributed by atoms with Gasteiger partial charge in [0.1, 0.15) is 11.5 Å². The molecule has 0 bridgehead atoms.